The fraction of sp³-hybridized carbons (Fsp3) is 0.857. The number of nitrogens with one attached hydrogen (secondary N) is 1. The van der Waals surface area contributed by atoms with Crippen LogP contribution in [-0.4, -0.2) is 53.0 Å². The van der Waals surface area contributed by atoms with Gasteiger partial charge in [-0.25, -0.2) is 4.79 Å². The molecule has 5 nitrogen and oxygen atoms in total. The lowest BCUT2D eigenvalue weighted by Gasteiger charge is -2.35. The molecule has 0 aromatic carbocycles. The predicted octanol–water partition coefficient (Wildman–Crippen LogP) is 1.58. The first-order valence-corrected chi connectivity index (χ1v) is 7.34. The highest BCUT2D eigenvalue weighted by molar-refractivity contribution is 6.06. The Morgan fingerprint density at radius 1 is 1.26 bits per heavy atom. The van der Waals surface area contributed by atoms with Crippen molar-refractivity contribution >= 4 is 11.9 Å². The van der Waals surface area contributed by atoms with E-state index in [0.717, 1.165) is 19.5 Å². The molecule has 1 N–H and O–H groups in total. The number of amides is 3. The summed E-state index contributed by atoms with van der Waals surface area (Å²) in [5.41, 5.74) is -0.747. The van der Waals surface area contributed by atoms with Crippen LogP contribution in [0.1, 0.15) is 46.5 Å². The van der Waals surface area contributed by atoms with E-state index in [-0.39, 0.29) is 11.9 Å². The van der Waals surface area contributed by atoms with Crippen molar-refractivity contribution in [3.63, 3.8) is 0 Å². The van der Waals surface area contributed by atoms with E-state index in [0.29, 0.717) is 12.6 Å². The van der Waals surface area contributed by atoms with Crippen LogP contribution in [-0.2, 0) is 4.79 Å². The molecule has 2 aliphatic rings. The number of carbonyl (C=O) groups excluding carboxylic acids is 2. The minimum absolute atomic E-state index is 0.109. The number of carbonyl (C=O) groups is 2. The zero-order valence-corrected chi connectivity index (χ0v) is 12.2. The quantitative estimate of drug-likeness (QED) is 0.787. The maximum Gasteiger partial charge on any atom is 0.325 e. The van der Waals surface area contributed by atoms with Crippen molar-refractivity contribution in [1.82, 2.24) is 15.1 Å². The van der Waals surface area contributed by atoms with Gasteiger partial charge in [-0.15, -0.1) is 0 Å². The fourth-order valence-corrected chi connectivity index (χ4v) is 3.07. The van der Waals surface area contributed by atoms with Gasteiger partial charge in [-0.3, -0.25) is 14.6 Å². The highest BCUT2D eigenvalue weighted by Crippen LogP contribution is 2.20. The third-order valence-electron chi connectivity index (χ3n) is 4.28. The molecule has 2 rings (SSSR count). The molecule has 3 amide bonds. The van der Waals surface area contributed by atoms with E-state index in [2.05, 4.69) is 17.1 Å². The van der Waals surface area contributed by atoms with Crippen LogP contribution >= 0.6 is 0 Å². The molecule has 108 valence electrons. The number of hydrogen-bond acceptors (Lipinski definition) is 3. The van der Waals surface area contributed by atoms with E-state index < -0.39 is 5.54 Å². The zero-order chi connectivity index (χ0) is 14.0. The van der Waals surface area contributed by atoms with Gasteiger partial charge in [0, 0.05) is 19.1 Å². The van der Waals surface area contributed by atoms with Crippen molar-refractivity contribution in [2.24, 2.45) is 0 Å². The minimum atomic E-state index is -0.747. The number of piperidine rings is 1. The van der Waals surface area contributed by atoms with Crippen LogP contribution in [0.4, 0.5) is 4.79 Å². The van der Waals surface area contributed by atoms with Gasteiger partial charge in [-0.1, -0.05) is 13.3 Å². The topological polar surface area (TPSA) is 52.6 Å². The first-order valence-electron chi connectivity index (χ1n) is 7.34. The van der Waals surface area contributed by atoms with Gasteiger partial charge in [0.25, 0.3) is 5.91 Å². The van der Waals surface area contributed by atoms with E-state index in [1.165, 1.54) is 24.2 Å². The molecular weight excluding hydrogens is 242 g/mol. The van der Waals surface area contributed by atoms with Crippen LogP contribution in [0.2, 0.25) is 0 Å². The molecule has 0 unspecified atom stereocenters. The van der Waals surface area contributed by atoms with Gasteiger partial charge in [-0.05, 0) is 39.7 Å². The monoisotopic (exact) mass is 267 g/mol. The maximum atomic E-state index is 12.1. The summed E-state index contributed by atoms with van der Waals surface area (Å²) in [4.78, 5) is 27.7. The van der Waals surface area contributed by atoms with Gasteiger partial charge in [0.05, 0.1) is 0 Å². The molecule has 2 fully saturated rings. The van der Waals surface area contributed by atoms with Crippen molar-refractivity contribution in [2.75, 3.05) is 19.6 Å². The Hall–Kier alpha value is -1.10. The lowest BCUT2D eigenvalue weighted by atomic mass is 10.00. The molecule has 0 aromatic rings. The van der Waals surface area contributed by atoms with Gasteiger partial charge in [0.1, 0.15) is 5.54 Å². The number of nitrogens with zero attached hydrogens (tertiary/aromatic N) is 2. The summed E-state index contributed by atoms with van der Waals surface area (Å²) in [6.45, 7) is 8.11. The summed E-state index contributed by atoms with van der Waals surface area (Å²) in [5, 5.41) is 2.72. The Bertz CT molecular complexity index is 368. The molecule has 2 aliphatic heterocycles. The Kier molecular flexibility index (Phi) is 4.13. The van der Waals surface area contributed by atoms with E-state index in [1.807, 2.05) is 0 Å². The summed E-state index contributed by atoms with van der Waals surface area (Å²) in [5.74, 6) is -0.109. The third kappa shape index (κ3) is 2.91. The van der Waals surface area contributed by atoms with E-state index in [1.54, 1.807) is 13.8 Å². The third-order valence-corrected chi connectivity index (χ3v) is 4.28. The largest absolute Gasteiger partial charge is 0.325 e. The number of hydrogen-bond donors (Lipinski definition) is 1. The van der Waals surface area contributed by atoms with Crippen molar-refractivity contribution < 1.29 is 9.59 Å². The van der Waals surface area contributed by atoms with Gasteiger partial charge < -0.3 is 5.32 Å². The molecule has 0 saturated carbocycles. The van der Waals surface area contributed by atoms with Gasteiger partial charge in [-0.2, -0.15) is 0 Å². The van der Waals surface area contributed by atoms with Gasteiger partial charge in [0.2, 0.25) is 0 Å². The smallest absolute Gasteiger partial charge is 0.324 e. The Labute approximate surface area is 115 Å². The second kappa shape index (κ2) is 5.49. The summed E-state index contributed by atoms with van der Waals surface area (Å²) in [6.07, 6.45) is 4.90. The second-order valence-corrected chi connectivity index (χ2v) is 6.11. The van der Waals surface area contributed by atoms with Crippen molar-refractivity contribution in [3.05, 3.63) is 0 Å². The molecule has 2 saturated heterocycles. The number of likely N-dealkylation sites (tertiary alicyclic amines) is 1. The van der Waals surface area contributed by atoms with Crippen LogP contribution < -0.4 is 5.32 Å². The molecule has 19 heavy (non-hydrogen) atoms. The normalized spacial score (nSPS) is 27.7. The predicted molar refractivity (Wildman–Crippen MR) is 73.8 cm³/mol. The molecule has 0 radical (unpaired) electrons. The van der Waals surface area contributed by atoms with E-state index in [9.17, 15) is 9.59 Å². The van der Waals surface area contributed by atoms with Crippen LogP contribution in [0, 0.1) is 0 Å². The molecular formula is C14H25N3O2. The summed E-state index contributed by atoms with van der Waals surface area (Å²) >= 11 is 0. The van der Waals surface area contributed by atoms with Crippen LogP contribution in [0.25, 0.3) is 0 Å². The van der Waals surface area contributed by atoms with Gasteiger partial charge >= 0.3 is 6.03 Å². The molecule has 1 atom stereocenters. The maximum absolute atomic E-state index is 12.1. The SMILES string of the molecule is CC[C@@H]1CCCCN1CCN1C(=O)NC(C)(C)C1=O. The summed E-state index contributed by atoms with van der Waals surface area (Å²) in [7, 11) is 0. The summed E-state index contributed by atoms with van der Waals surface area (Å²) in [6, 6.07) is 0.364. The first kappa shape index (κ1) is 14.3. The highest BCUT2D eigenvalue weighted by atomic mass is 16.2. The molecule has 0 spiro atoms. The molecule has 0 aliphatic carbocycles. The second-order valence-electron chi connectivity index (χ2n) is 6.11. The van der Waals surface area contributed by atoms with Crippen LogP contribution in [0.15, 0.2) is 0 Å². The lowest BCUT2D eigenvalue weighted by Crippen LogP contribution is -2.45. The molecule has 0 bridgehead atoms. The number of imide groups is 1. The fourth-order valence-electron chi connectivity index (χ4n) is 3.07. The Morgan fingerprint density at radius 2 is 2.00 bits per heavy atom. The highest BCUT2D eigenvalue weighted by Gasteiger charge is 2.44. The molecule has 2 heterocycles. The van der Waals surface area contributed by atoms with Crippen LogP contribution in [0.3, 0.4) is 0 Å². The average molecular weight is 267 g/mol. The van der Waals surface area contributed by atoms with Gasteiger partial charge in [0.15, 0.2) is 0 Å². The zero-order valence-electron chi connectivity index (χ0n) is 12.2. The Morgan fingerprint density at radius 3 is 2.58 bits per heavy atom. The number of urea groups is 1. The van der Waals surface area contributed by atoms with Crippen LogP contribution in [0.5, 0.6) is 0 Å². The van der Waals surface area contributed by atoms with E-state index in [4.69, 9.17) is 0 Å². The number of rotatable bonds is 4. The first-order chi connectivity index (χ1) is 8.95. The van der Waals surface area contributed by atoms with Crippen molar-refractivity contribution in [1.29, 1.82) is 0 Å². The minimum Gasteiger partial charge on any atom is -0.324 e. The van der Waals surface area contributed by atoms with Crippen molar-refractivity contribution in [3.8, 4) is 0 Å². The van der Waals surface area contributed by atoms with E-state index >= 15 is 0 Å². The lowest BCUT2D eigenvalue weighted by molar-refractivity contribution is -0.130. The standard InChI is InChI=1S/C14H25N3O2/c1-4-11-7-5-6-8-16(11)9-10-17-12(18)14(2,3)15-13(17)19/h11H,4-10H2,1-3H3,(H,15,19)/t11-/m1/s1. The van der Waals surface area contributed by atoms with Crippen molar-refractivity contribution in [2.45, 2.75) is 58.0 Å². The average Bonchev–Trinajstić information content (AvgIpc) is 2.57. The summed E-state index contributed by atoms with van der Waals surface area (Å²) < 4.78 is 0. The molecule has 0 aromatic heterocycles. The molecule has 5 heteroatoms. The Balaban J connectivity index is 1.91.